The predicted molar refractivity (Wildman–Crippen MR) is 328 cm³/mol. The second-order valence-corrected chi connectivity index (χ2v) is 24.6. The maximum atomic E-state index is 12.5. The van der Waals surface area contributed by atoms with Crippen molar-refractivity contribution in [3.8, 4) is 0 Å². The van der Waals surface area contributed by atoms with E-state index >= 15 is 0 Å². The summed E-state index contributed by atoms with van der Waals surface area (Å²) in [5, 5.41) is 0. The van der Waals surface area contributed by atoms with Crippen LogP contribution in [0.3, 0.4) is 0 Å². The molecular formula is C61H64Cl6N4O18. The number of ether oxygens (including phenoxy) is 7. The molecule has 0 spiro atoms. The van der Waals surface area contributed by atoms with Crippen LogP contribution in [0.25, 0.3) is 0 Å². The van der Waals surface area contributed by atoms with Gasteiger partial charge >= 0.3 is 38.0 Å². The second kappa shape index (κ2) is 39.0. The Balaban J connectivity index is 0.000000302. The molecule has 22 nitrogen and oxygen atoms in total. The normalized spacial score (nSPS) is 16.7. The van der Waals surface area contributed by atoms with E-state index in [0.717, 1.165) is 24.3 Å². The van der Waals surface area contributed by atoms with E-state index in [1.807, 2.05) is 0 Å². The Labute approximate surface area is 542 Å². The molecule has 2 saturated carbocycles. The van der Waals surface area contributed by atoms with Gasteiger partial charge in [0.1, 0.15) is 26.4 Å². The summed E-state index contributed by atoms with van der Waals surface area (Å²) in [5.74, 6) is -3.95. The quantitative estimate of drug-likeness (QED) is 0.0184. The fourth-order valence-corrected chi connectivity index (χ4v) is 9.22. The maximum Gasteiger partial charge on any atom is 0.515 e. The number of ketones is 4. The van der Waals surface area contributed by atoms with E-state index in [2.05, 4.69) is 19.5 Å². The molecule has 0 unspecified atom stereocenters. The standard InChI is InChI=1S/C28H26N2O8.C26H30N2O6.C4H8O.C3Cl6O3/c31-17-29-23-9-1-19(2-10-23)13-25(33)15-38-28(36)22-7-5-21(6-8-22)26(34)16-37-27(35)14-20-3-11-24(12-4-20)30-18-32;27-21-9-1-17(2-10-21)13-23(29)15-34-26(32)20-7-5-19(6-8-20)24(30)16-33-25(31)14-18-3-11-22(28)12-4-18;1-2-4-5-3-1;4-2(5,6)11-1(10)12-3(7,8)9/h1-4,9-12,21-22H,5-8,13-16H2;1-4,9-12,19-20H,5-8,13-16,27-28H2;1-4H2;. The Bertz CT molecular complexity index is 2880. The van der Waals surface area contributed by atoms with E-state index in [-0.39, 0.29) is 98.9 Å². The zero-order chi connectivity index (χ0) is 65.4. The number of nitrogens with zero attached hydrogens (tertiary/aromatic N) is 2. The highest BCUT2D eigenvalue weighted by Gasteiger charge is 2.34. The molecule has 1 heterocycles. The lowest BCUT2D eigenvalue weighted by Gasteiger charge is -2.26. The summed E-state index contributed by atoms with van der Waals surface area (Å²) >= 11 is 30.2. The number of Topliss-reactive ketones (excluding diaryl/α,β-unsaturated/α-hetero) is 4. The van der Waals surface area contributed by atoms with Crippen molar-refractivity contribution in [3.63, 3.8) is 0 Å². The van der Waals surface area contributed by atoms with Gasteiger partial charge in [0, 0.05) is 49.3 Å². The van der Waals surface area contributed by atoms with Gasteiger partial charge in [-0.3, -0.25) is 38.4 Å². The van der Waals surface area contributed by atoms with Gasteiger partial charge in [0.25, 0.3) is 0 Å². The van der Waals surface area contributed by atoms with Crippen molar-refractivity contribution in [2.75, 3.05) is 51.1 Å². The van der Waals surface area contributed by atoms with Crippen molar-refractivity contribution < 1.29 is 85.9 Å². The van der Waals surface area contributed by atoms with Crippen LogP contribution in [-0.4, -0.2) is 113 Å². The molecule has 0 atom stereocenters. The van der Waals surface area contributed by atoms with Gasteiger partial charge in [-0.2, -0.15) is 9.98 Å². The molecule has 4 N–H and O–H groups in total. The first-order valence-corrected chi connectivity index (χ1v) is 29.9. The summed E-state index contributed by atoms with van der Waals surface area (Å²) in [4.78, 5) is 136. The minimum atomic E-state index is -2.24. The molecule has 2 aliphatic carbocycles. The van der Waals surface area contributed by atoms with E-state index in [4.69, 9.17) is 105 Å². The smallest absolute Gasteiger partial charge is 0.457 e. The number of nitrogens with two attached hydrogens (primary N) is 2. The second-order valence-electron chi connectivity index (χ2n) is 20.2. The number of carbonyl (C=O) groups is 9. The van der Waals surface area contributed by atoms with Crippen molar-refractivity contribution in [1.29, 1.82) is 0 Å². The van der Waals surface area contributed by atoms with Gasteiger partial charge in [0.05, 0.1) is 36.1 Å². The van der Waals surface area contributed by atoms with Crippen molar-refractivity contribution in [3.05, 3.63) is 119 Å². The fourth-order valence-electron chi connectivity index (χ4n) is 8.85. The molecule has 7 rings (SSSR count). The number of esters is 4. The minimum Gasteiger partial charge on any atom is -0.457 e. The SMILES string of the molecule is C1CCOC1.Nc1ccc(CC(=O)COC(=O)C2CCC(C(=O)COC(=O)Cc3ccc(N)cc3)CC2)cc1.O=C(OC(Cl)(Cl)Cl)OC(Cl)(Cl)Cl.O=C=Nc1ccc(CC(=O)COC(=O)C2CCC(C(=O)COC(=O)Cc3ccc(N=C=O)cc3)CC2)cc1. The third-order valence-corrected chi connectivity index (χ3v) is 13.9. The van der Waals surface area contributed by atoms with Gasteiger partial charge in [-0.15, -0.1) is 0 Å². The average Bonchev–Trinajstić information content (AvgIpc) is 4.07. The summed E-state index contributed by atoms with van der Waals surface area (Å²) in [7, 11) is 0. The van der Waals surface area contributed by atoms with Crippen molar-refractivity contribution in [1.82, 2.24) is 0 Å². The number of isocyanates is 2. The number of nitrogen functional groups attached to an aromatic ring is 2. The Hall–Kier alpha value is -7.23. The molecule has 0 aromatic heterocycles. The molecule has 0 bridgehead atoms. The van der Waals surface area contributed by atoms with Crippen LogP contribution in [0.15, 0.2) is 107 Å². The van der Waals surface area contributed by atoms with Gasteiger partial charge in [0.15, 0.2) is 23.1 Å². The summed E-state index contributed by atoms with van der Waals surface area (Å²) in [6, 6.07) is 26.8. The summed E-state index contributed by atoms with van der Waals surface area (Å²) in [6.07, 6.45) is 8.22. The number of alkyl halides is 6. The fraction of sp³-hybridized carbons (Fsp3) is 0.426. The first-order chi connectivity index (χ1) is 42.3. The molecule has 3 fully saturated rings. The minimum absolute atomic E-state index is 0.0182. The van der Waals surface area contributed by atoms with Crippen molar-refractivity contribution in [2.24, 2.45) is 33.7 Å². The van der Waals surface area contributed by atoms with E-state index in [0.29, 0.717) is 85.2 Å². The molecule has 0 amide bonds. The number of hydrogen-bond acceptors (Lipinski definition) is 22. The first-order valence-electron chi connectivity index (χ1n) is 27.7. The predicted octanol–water partition coefficient (Wildman–Crippen LogP) is 10.7. The summed E-state index contributed by atoms with van der Waals surface area (Å²) in [5.41, 5.74) is 16.3. The molecule has 28 heteroatoms. The van der Waals surface area contributed by atoms with Crippen LogP contribution in [0.4, 0.5) is 27.5 Å². The zero-order valence-electron chi connectivity index (χ0n) is 47.9. The highest BCUT2D eigenvalue weighted by molar-refractivity contribution is 6.67. The lowest BCUT2D eigenvalue weighted by atomic mass is 9.80. The summed E-state index contributed by atoms with van der Waals surface area (Å²) in [6.45, 7) is 0.789. The van der Waals surface area contributed by atoms with E-state index in [1.54, 1.807) is 97.1 Å². The third-order valence-electron chi connectivity index (χ3n) is 13.4. The van der Waals surface area contributed by atoms with Crippen LogP contribution in [0.2, 0.25) is 0 Å². The highest BCUT2D eigenvalue weighted by atomic mass is 35.6. The van der Waals surface area contributed by atoms with Gasteiger partial charge < -0.3 is 44.6 Å². The number of halogens is 6. The van der Waals surface area contributed by atoms with Gasteiger partial charge in [-0.1, -0.05) is 48.5 Å². The lowest BCUT2D eigenvalue weighted by molar-refractivity contribution is -0.154. The molecule has 1 saturated heterocycles. The largest absolute Gasteiger partial charge is 0.515 e. The van der Waals surface area contributed by atoms with E-state index in [9.17, 15) is 52.7 Å². The number of aliphatic imine (C=N–C) groups is 2. The maximum absolute atomic E-state index is 12.5. The summed E-state index contributed by atoms with van der Waals surface area (Å²) < 4.78 is 29.1. The molecule has 3 aliphatic rings. The average molecular weight is 1350 g/mol. The number of carbonyl (C=O) groups excluding carboxylic acids is 11. The number of anilines is 2. The topological polar surface area (TPSA) is 329 Å². The molecular weight excluding hydrogens is 1290 g/mol. The Morgan fingerprint density at radius 3 is 1.03 bits per heavy atom. The molecule has 0 radical (unpaired) electrons. The van der Waals surface area contributed by atoms with E-state index < -0.39 is 38.0 Å². The monoisotopic (exact) mass is 1350 g/mol. The molecule has 4 aromatic carbocycles. The van der Waals surface area contributed by atoms with Crippen molar-refractivity contribution >= 4 is 158 Å². The van der Waals surface area contributed by atoms with Crippen molar-refractivity contribution in [2.45, 2.75) is 97.8 Å². The van der Waals surface area contributed by atoms with Crippen LogP contribution in [0.1, 0.15) is 86.5 Å². The third kappa shape index (κ3) is 31.7. The molecule has 1 aliphatic heterocycles. The lowest BCUT2D eigenvalue weighted by Crippen LogP contribution is -2.30. The van der Waals surface area contributed by atoms with Crippen LogP contribution in [0, 0.1) is 23.7 Å². The van der Waals surface area contributed by atoms with Crippen LogP contribution >= 0.6 is 69.6 Å². The molecule has 89 heavy (non-hydrogen) atoms. The number of rotatable bonds is 22. The van der Waals surface area contributed by atoms with Gasteiger partial charge in [-0.05, 0) is 205 Å². The van der Waals surface area contributed by atoms with E-state index in [1.165, 1.54) is 25.0 Å². The number of hydrogen-bond donors (Lipinski definition) is 2. The van der Waals surface area contributed by atoms with Crippen LogP contribution in [0.5, 0.6) is 0 Å². The molecule has 4 aromatic rings. The zero-order valence-corrected chi connectivity index (χ0v) is 52.4. The van der Waals surface area contributed by atoms with Gasteiger partial charge in [0.2, 0.25) is 12.2 Å². The Morgan fingerprint density at radius 2 is 0.742 bits per heavy atom. The highest BCUT2D eigenvalue weighted by Crippen LogP contribution is 2.34. The Morgan fingerprint density at radius 1 is 0.438 bits per heavy atom. The van der Waals surface area contributed by atoms with Gasteiger partial charge in [-0.25, -0.2) is 14.4 Å². The number of benzene rings is 4. The first kappa shape index (κ1) is 74.2. The van der Waals surface area contributed by atoms with Crippen LogP contribution in [-0.2, 0) is 107 Å². The Kier molecular flexibility index (Phi) is 32.5. The molecule has 478 valence electrons. The van der Waals surface area contributed by atoms with Crippen LogP contribution < -0.4 is 11.5 Å².